The Labute approximate surface area is 173 Å². The first-order valence-corrected chi connectivity index (χ1v) is 10.5. The summed E-state index contributed by atoms with van der Waals surface area (Å²) in [4.78, 5) is 31.7. The van der Waals surface area contributed by atoms with E-state index in [1.54, 1.807) is 29.2 Å². The van der Waals surface area contributed by atoms with Crippen LogP contribution in [-0.2, 0) is 0 Å². The number of hydrogen-bond acceptors (Lipinski definition) is 3. The van der Waals surface area contributed by atoms with Gasteiger partial charge >= 0.3 is 0 Å². The lowest BCUT2D eigenvalue weighted by molar-refractivity contribution is 0.0746. The minimum absolute atomic E-state index is 0.000175. The van der Waals surface area contributed by atoms with Crippen LogP contribution in [0, 0.1) is 13.8 Å². The second-order valence-electron chi connectivity index (χ2n) is 7.56. The minimum Gasteiger partial charge on any atom is -0.368 e. The molecule has 1 fully saturated rings. The zero-order chi connectivity index (χ0) is 21.0. The first-order valence-electron chi connectivity index (χ1n) is 10.5. The Bertz CT molecular complexity index is 881. The van der Waals surface area contributed by atoms with E-state index in [0.29, 0.717) is 37.3 Å². The summed E-state index contributed by atoms with van der Waals surface area (Å²) in [6.45, 7) is 12.5. The number of carbonyl (C=O) groups is 2. The van der Waals surface area contributed by atoms with E-state index in [1.807, 2.05) is 18.7 Å². The summed E-state index contributed by atoms with van der Waals surface area (Å²) in [7, 11) is 0. The molecule has 0 spiro atoms. The largest absolute Gasteiger partial charge is 0.368 e. The molecule has 1 saturated heterocycles. The van der Waals surface area contributed by atoms with Crippen molar-refractivity contribution in [2.75, 3.05) is 44.2 Å². The van der Waals surface area contributed by atoms with Gasteiger partial charge in [-0.3, -0.25) is 9.59 Å². The smallest absolute Gasteiger partial charge is 0.253 e. The highest BCUT2D eigenvalue weighted by molar-refractivity contribution is 5.99. The number of nitrogens with zero attached hydrogens (tertiary/aromatic N) is 3. The Kier molecular flexibility index (Phi) is 6.57. The topological polar surface area (TPSA) is 43.9 Å². The van der Waals surface area contributed by atoms with Gasteiger partial charge in [-0.1, -0.05) is 18.2 Å². The molecule has 5 nitrogen and oxygen atoms in total. The van der Waals surface area contributed by atoms with Crippen LogP contribution >= 0.6 is 0 Å². The maximum absolute atomic E-state index is 13.0. The zero-order valence-corrected chi connectivity index (χ0v) is 17.9. The molecular formula is C24H31N3O2. The molecule has 1 aliphatic rings. The number of hydrogen-bond donors (Lipinski definition) is 0. The molecule has 2 aromatic carbocycles. The van der Waals surface area contributed by atoms with Crippen LogP contribution in [0.1, 0.15) is 45.7 Å². The van der Waals surface area contributed by atoms with Crippen LogP contribution in [0.15, 0.2) is 42.5 Å². The third-order valence-corrected chi connectivity index (χ3v) is 5.89. The van der Waals surface area contributed by atoms with Gasteiger partial charge in [0.25, 0.3) is 11.8 Å². The first kappa shape index (κ1) is 20.9. The van der Waals surface area contributed by atoms with E-state index >= 15 is 0 Å². The molecule has 0 aromatic heterocycles. The lowest BCUT2D eigenvalue weighted by atomic mass is 10.1. The Hall–Kier alpha value is -2.82. The molecule has 0 N–H and O–H groups in total. The third-order valence-electron chi connectivity index (χ3n) is 5.89. The molecule has 5 heteroatoms. The first-order chi connectivity index (χ1) is 14.0. The van der Waals surface area contributed by atoms with Crippen LogP contribution in [0.5, 0.6) is 0 Å². The van der Waals surface area contributed by atoms with E-state index in [1.165, 1.54) is 16.8 Å². The Morgan fingerprint density at radius 1 is 0.897 bits per heavy atom. The number of benzene rings is 2. The van der Waals surface area contributed by atoms with Gasteiger partial charge in [0.15, 0.2) is 0 Å². The molecule has 0 bridgehead atoms. The summed E-state index contributed by atoms with van der Waals surface area (Å²) in [5, 5.41) is 0. The molecule has 0 aliphatic carbocycles. The van der Waals surface area contributed by atoms with E-state index < -0.39 is 0 Å². The maximum Gasteiger partial charge on any atom is 0.253 e. The van der Waals surface area contributed by atoms with Crippen molar-refractivity contribution in [1.82, 2.24) is 9.80 Å². The normalized spacial score (nSPS) is 14.1. The molecular weight excluding hydrogens is 362 g/mol. The van der Waals surface area contributed by atoms with E-state index in [0.717, 1.165) is 13.1 Å². The van der Waals surface area contributed by atoms with Crippen LogP contribution < -0.4 is 4.90 Å². The predicted molar refractivity (Wildman–Crippen MR) is 118 cm³/mol. The molecule has 0 unspecified atom stereocenters. The SMILES string of the molecule is CCN(CC)C(=O)c1cccc(C(=O)N2CCN(c3cccc(C)c3C)CC2)c1. The maximum atomic E-state index is 13.0. The van der Waals surface area contributed by atoms with Crippen LogP contribution in [0.2, 0.25) is 0 Å². The molecule has 0 saturated carbocycles. The molecule has 2 aromatic rings. The number of carbonyl (C=O) groups excluding carboxylic acids is 2. The highest BCUT2D eigenvalue weighted by Gasteiger charge is 2.24. The van der Waals surface area contributed by atoms with Gasteiger partial charge in [0, 0.05) is 56.1 Å². The lowest BCUT2D eigenvalue weighted by Gasteiger charge is -2.37. The summed E-state index contributed by atoms with van der Waals surface area (Å²) >= 11 is 0. The van der Waals surface area contributed by atoms with Gasteiger partial charge in [0.1, 0.15) is 0 Å². The van der Waals surface area contributed by atoms with Gasteiger partial charge < -0.3 is 14.7 Å². The van der Waals surface area contributed by atoms with Gasteiger partial charge in [-0.15, -0.1) is 0 Å². The number of anilines is 1. The molecule has 0 atom stereocenters. The fraction of sp³-hybridized carbons (Fsp3) is 0.417. The molecule has 1 aliphatic heterocycles. The van der Waals surface area contributed by atoms with Crippen LogP contribution in [0.4, 0.5) is 5.69 Å². The Morgan fingerprint density at radius 3 is 2.17 bits per heavy atom. The van der Waals surface area contributed by atoms with Crippen LogP contribution in [0.25, 0.3) is 0 Å². The van der Waals surface area contributed by atoms with Gasteiger partial charge in [-0.05, 0) is 63.1 Å². The van der Waals surface area contributed by atoms with Crippen molar-refractivity contribution in [2.45, 2.75) is 27.7 Å². The number of aryl methyl sites for hydroxylation is 1. The van der Waals surface area contributed by atoms with Crippen molar-refractivity contribution in [2.24, 2.45) is 0 Å². The highest BCUT2D eigenvalue weighted by Crippen LogP contribution is 2.24. The van der Waals surface area contributed by atoms with Gasteiger partial charge in [0.2, 0.25) is 0 Å². The molecule has 3 rings (SSSR count). The van der Waals surface area contributed by atoms with Crippen molar-refractivity contribution >= 4 is 17.5 Å². The predicted octanol–water partition coefficient (Wildman–Crippen LogP) is 3.75. The summed E-state index contributed by atoms with van der Waals surface area (Å²) in [5.41, 5.74) is 5.01. The molecule has 29 heavy (non-hydrogen) atoms. The fourth-order valence-corrected chi connectivity index (χ4v) is 3.89. The highest BCUT2D eigenvalue weighted by atomic mass is 16.2. The summed E-state index contributed by atoms with van der Waals surface area (Å²) < 4.78 is 0. The summed E-state index contributed by atoms with van der Waals surface area (Å²) in [5.74, 6) is -0.0239. The molecule has 1 heterocycles. The van der Waals surface area contributed by atoms with Crippen molar-refractivity contribution < 1.29 is 9.59 Å². The average molecular weight is 394 g/mol. The van der Waals surface area contributed by atoms with Gasteiger partial charge in [-0.2, -0.15) is 0 Å². The molecule has 154 valence electrons. The van der Waals surface area contributed by atoms with Crippen molar-refractivity contribution in [1.29, 1.82) is 0 Å². The fourth-order valence-electron chi connectivity index (χ4n) is 3.89. The summed E-state index contributed by atoms with van der Waals surface area (Å²) in [6, 6.07) is 13.5. The Morgan fingerprint density at radius 2 is 1.52 bits per heavy atom. The van der Waals surface area contributed by atoms with Crippen molar-refractivity contribution in [3.63, 3.8) is 0 Å². The molecule has 0 radical (unpaired) electrons. The molecule has 2 amide bonds. The van der Waals surface area contributed by atoms with E-state index in [9.17, 15) is 9.59 Å². The second-order valence-corrected chi connectivity index (χ2v) is 7.56. The van der Waals surface area contributed by atoms with E-state index in [2.05, 4.69) is 36.9 Å². The van der Waals surface area contributed by atoms with Crippen LogP contribution in [-0.4, -0.2) is 60.9 Å². The minimum atomic E-state index is -0.0237. The average Bonchev–Trinajstić information content (AvgIpc) is 2.76. The number of piperazine rings is 1. The zero-order valence-electron chi connectivity index (χ0n) is 17.9. The van der Waals surface area contributed by atoms with Gasteiger partial charge in [-0.25, -0.2) is 0 Å². The van der Waals surface area contributed by atoms with E-state index in [-0.39, 0.29) is 11.8 Å². The monoisotopic (exact) mass is 393 g/mol. The Balaban J connectivity index is 1.69. The number of rotatable bonds is 5. The van der Waals surface area contributed by atoms with Crippen molar-refractivity contribution in [3.8, 4) is 0 Å². The van der Waals surface area contributed by atoms with E-state index in [4.69, 9.17) is 0 Å². The lowest BCUT2D eigenvalue weighted by Crippen LogP contribution is -2.49. The number of amides is 2. The summed E-state index contributed by atoms with van der Waals surface area (Å²) in [6.07, 6.45) is 0. The van der Waals surface area contributed by atoms with Crippen molar-refractivity contribution in [3.05, 3.63) is 64.7 Å². The van der Waals surface area contributed by atoms with Gasteiger partial charge in [0.05, 0.1) is 0 Å². The second kappa shape index (κ2) is 9.12. The quantitative estimate of drug-likeness (QED) is 0.777. The van der Waals surface area contributed by atoms with Crippen LogP contribution in [0.3, 0.4) is 0 Å². The third kappa shape index (κ3) is 4.44. The standard InChI is InChI=1S/C24H31N3O2/c1-5-25(6-2)23(28)20-10-8-11-21(17-20)24(29)27-15-13-26(14-16-27)22-12-7-9-18(3)19(22)4/h7-12,17H,5-6,13-16H2,1-4H3.